The average molecular weight is 327 g/mol. The predicted octanol–water partition coefficient (Wildman–Crippen LogP) is 4.79. The first kappa shape index (κ1) is 14.2. The van der Waals surface area contributed by atoms with E-state index in [0.29, 0.717) is 11.6 Å². The summed E-state index contributed by atoms with van der Waals surface area (Å²) in [4.78, 5) is 4.66. The molecular formula is C18H12ClFN2O. The lowest BCUT2D eigenvalue weighted by Gasteiger charge is -2.11. The Morgan fingerprint density at radius 1 is 1.09 bits per heavy atom. The van der Waals surface area contributed by atoms with E-state index in [0.717, 1.165) is 39.4 Å². The highest BCUT2D eigenvalue weighted by atomic mass is 35.5. The number of rotatable bonds is 1. The summed E-state index contributed by atoms with van der Waals surface area (Å²) >= 11 is 6.19. The Morgan fingerprint density at radius 2 is 1.87 bits per heavy atom. The molecule has 0 bridgehead atoms. The molecule has 1 aliphatic heterocycles. The van der Waals surface area contributed by atoms with Crippen molar-refractivity contribution in [3.8, 4) is 11.1 Å². The molecule has 0 fully saturated rings. The van der Waals surface area contributed by atoms with Gasteiger partial charge in [-0.3, -0.25) is 4.99 Å². The molecule has 0 unspecified atom stereocenters. The SMILES string of the molecule is Cc1noc2c1-c1ccc(Cl)cc1C(c1ccc(F)cc1)=NC2. The monoisotopic (exact) mass is 326 g/mol. The number of aromatic nitrogens is 1. The average Bonchev–Trinajstić information content (AvgIpc) is 2.82. The maximum Gasteiger partial charge on any atom is 0.166 e. The molecule has 0 saturated carbocycles. The third kappa shape index (κ3) is 2.35. The molecule has 1 aromatic heterocycles. The number of hydrogen-bond donors (Lipinski definition) is 0. The van der Waals surface area contributed by atoms with Crippen LogP contribution in [0.5, 0.6) is 0 Å². The molecule has 1 aliphatic rings. The van der Waals surface area contributed by atoms with Gasteiger partial charge in [-0.15, -0.1) is 0 Å². The van der Waals surface area contributed by atoms with E-state index in [1.165, 1.54) is 12.1 Å². The molecule has 2 heterocycles. The Labute approximate surface area is 137 Å². The summed E-state index contributed by atoms with van der Waals surface area (Å²) in [7, 11) is 0. The van der Waals surface area contributed by atoms with Crippen LogP contribution < -0.4 is 0 Å². The van der Waals surface area contributed by atoms with Crippen molar-refractivity contribution in [2.45, 2.75) is 13.5 Å². The lowest BCUT2D eigenvalue weighted by molar-refractivity contribution is 0.382. The summed E-state index contributed by atoms with van der Waals surface area (Å²) < 4.78 is 18.6. The second kappa shape index (κ2) is 5.32. The fraction of sp³-hybridized carbons (Fsp3) is 0.111. The molecular weight excluding hydrogens is 315 g/mol. The molecule has 0 amide bonds. The maximum atomic E-state index is 13.2. The molecule has 0 aliphatic carbocycles. The number of aliphatic imine (C=N–C) groups is 1. The van der Waals surface area contributed by atoms with Gasteiger partial charge in [0.1, 0.15) is 12.4 Å². The zero-order valence-corrected chi connectivity index (χ0v) is 13.1. The van der Waals surface area contributed by atoms with E-state index < -0.39 is 0 Å². The number of nitrogens with zero attached hydrogens (tertiary/aromatic N) is 2. The molecule has 3 nitrogen and oxygen atoms in total. The Hall–Kier alpha value is -2.46. The number of halogens is 2. The zero-order chi connectivity index (χ0) is 16.0. The van der Waals surface area contributed by atoms with Crippen LogP contribution in [0.3, 0.4) is 0 Å². The highest BCUT2D eigenvalue weighted by Crippen LogP contribution is 2.36. The Balaban J connectivity index is 1.98. The zero-order valence-electron chi connectivity index (χ0n) is 12.3. The summed E-state index contributed by atoms with van der Waals surface area (Å²) in [6.45, 7) is 2.29. The first-order chi connectivity index (χ1) is 11.1. The second-order valence-electron chi connectivity index (χ2n) is 5.43. The summed E-state index contributed by atoms with van der Waals surface area (Å²) in [6, 6.07) is 12.0. The fourth-order valence-corrected chi connectivity index (χ4v) is 3.06. The minimum absolute atomic E-state index is 0.277. The first-order valence-electron chi connectivity index (χ1n) is 7.19. The highest BCUT2D eigenvalue weighted by molar-refractivity contribution is 6.31. The van der Waals surface area contributed by atoms with Gasteiger partial charge in [0.05, 0.1) is 17.0 Å². The van der Waals surface area contributed by atoms with Gasteiger partial charge in [-0.1, -0.05) is 22.8 Å². The maximum absolute atomic E-state index is 13.2. The van der Waals surface area contributed by atoms with Crippen molar-refractivity contribution in [1.29, 1.82) is 0 Å². The van der Waals surface area contributed by atoms with Gasteiger partial charge < -0.3 is 4.52 Å². The predicted molar refractivity (Wildman–Crippen MR) is 87.4 cm³/mol. The van der Waals surface area contributed by atoms with Crippen LogP contribution in [0.1, 0.15) is 22.6 Å². The molecule has 0 N–H and O–H groups in total. The summed E-state index contributed by atoms with van der Waals surface area (Å²) in [6.07, 6.45) is 0. The van der Waals surface area contributed by atoms with Crippen molar-refractivity contribution in [1.82, 2.24) is 5.16 Å². The second-order valence-corrected chi connectivity index (χ2v) is 5.86. The van der Waals surface area contributed by atoms with E-state index in [1.807, 2.05) is 25.1 Å². The minimum atomic E-state index is -0.277. The Kier molecular flexibility index (Phi) is 3.27. The van der Waals surface area contributed by atoms with Gasteiger partial charge in [-0.25, -0.2) is 4.39 Å². The van der Waals surface area contributed by atoms with Gasteiger partial charge in [0, 0.05) is 16.1 Å². The van der Waals surface area contributed by atoms with E-state index in [2.05, 4.69) is 10.1 Å². The highest BCUT2D eigenvalue weighted by Gasteiger charge is 2.24. The van der Waals surface area contributed by atoms with Crippen molar-refractivity contribution in [2.75, 3.05) is 0 Å². The van der Waals surface area contributed by atoms with Crippen LogP contribution in [0.25, 0.3) is 11.1 Å². The molecule has 5 heteroatoms. The molecule has 0 saturated heterocycles. The minimum Gasteiger partial charge on any atom is -0.358 e. The molecule has 0 atom stereocenters. The number of hydrogen-bond acceptors (Lipinski definition) is 3. The van der Waals surface area contributed by atoms with E-state index in [-0.39, 0.29) is 5.82 Å². The van der Waals surface area contributed by atoms with Gasteiger partial charge in [-0.05, 0) is 48.9 Å². The Bertz CT molecular complexity index is 929. The van der Waals surface area contributed by atoms with Gasteiger partial charge in [-0.2, -0.15) is 0 Å². The summed E-state index contributed by atoms with van der Waals surface area (Å²) in [5.74, 6) is 0.449. The van der Waals surface area contributed by atoms with Crippen LogP contribution in [-0.4, -0.2) is 10.9 Å². The van der Waals surface area contributed by atoms with Gasteiger partial charge in [0.2, 0.25) is 0 Å². The van der Waals surface area contributed by atoms with Crippen molar-refractivity contribution >= 4 is 17.3 Å². The lowest BCUT2D eigenvalue weighted by Crippen LogP contribution is -2.05. The molecule has 3 aromatic rings. The molecule has 0 radical (unpaired) electrons. The first-order valence-corrected chi connectivity index (χ1v) is 7.57. The van der Waals surface area contributed by atoms with E-state index in [4.69, 9.17) is 16.1 Å². The molecule has 114 valence electrons. The van der Waals surface area contributed by atoms with Crippen LogP contribution in [0.2, 0.25) is 5.02 Å². The quantitative estimate of drug-likeness (QED) is 0.644. The van der Waals surface area contributed by atoms with Gasteiger partial charge in [0.25, 0.3) is 0 Å². The van der Waals surface area contributed by atoms with Crippen molar-refractivity contribution < 1.29 is 8.91 Å². The largest absolute Gasteiger partial charge is 0.358 e. The van der Waals surface area contributed by atoms with Crippen LogP contribution in [0.15, 0.2) is 52.0 Å². The number of fused-ring (bicyclic) bond motifs is 3. The topological polar surface area (TPSA) is 38.4 Å². The number of aryl methyl sites for hydroxylation is 1. The van der Waals surface area contributed by atoms with Crippen LogP contribution in [-0.2, 0) is 6.54 Å². The van der Waals surface area contributed by atoms with Crippen molar-refractivity contribution in [2.24, 2.45) is 4.99 Å². The number of benzene rings is 2. The molecule has 2 aromatic carbocycles. The summed E-state index contributed by atoms with van der Waals surface area (Å²) in [5.41, 5.74) is 5.26. The Morgan fingerprint density at radius 3 is 2.65 bits per heavy atom. The van der Waals surface area contributed by atoms with Crippen molar-refractivity contribution in [3.63, 3.8) is 0 Å². The third-order valence-electron chi connectivity index (χ3n) is 3.94. The fourth-order valence-electron chi connectivity index (χ4n) is 2.89. The van der Waals surface area contributed by atoms with Crippen molar-refractivity contribution in [3.05, 3.63) is 75.9 Å². The van der Waals surface area contributed by atoms with E-state index in [9.17, 15) is 4.39 Å². The van der Waals surface area contributed by atoms with Crippen LogP contribution in [0.4, 0.5) is 4.39 Å². The normalized spacial score (nSPS) is 13.1. The molecule has 23 heavy (non-hydrogen) atoms. The molecule has 0 spiro atoms. The van der Waals surface area contributed by atoms with Gasteiger partial charge in [0.15, 0.2) is 5.76 Å². The standard InChI is InChI=1S/C18H12ClFN2O/c1-10-17-14-7-4-12(19)8-15(14)18(21-9-16(17)23-22-10)11-2-5-13(20)6-3-11/h2-8H,9H2,1H3. The van der Waals surface area contributed by atoms with Crippen LogP contribution >= 0.6 is 11.6 Å². The molecule has 4 rings (SSSR count). The summed E-state index contributed by atoms with van der Waals surface area (Å²) in [5, 5.41) is 4.67. The van der Waals surface area contributed by atoms with E-state index in [1.54, 1.807) is 12.1 Å². The smallest absolute Gasteiger partial charge is 0.166 e. The lowest BCUT2D eigenvalue weighted by atomic mass is 9.93. The van der Waals surface area contributed by atoms with E-state index >= 15 is 0 Å². The third-order valence-corrected chi connectivity index (χ3v) is 4.17. The van der Waals surface area contributed by atoms with Crippen LogP contribution in [0, 0.1) is 12.7 Å². The van der Waals surface area contributed by atoms with Gasteiger partial charge >= 0.3 is 0 Å².